The van der Waals surface area contributed by atoms with Crippen molar-refractivity contribution in [3.05, 3.63) is 89.1 Å². The summed E-state index contributed by atoms with van der Waals surface area (Å²) in [6.07, 6.45) is 6.04. The highest BCUT2D eigenvalue weighted by Crippen LogP contribution is 2.33. The Balaban J connectivity index is 0.753. The number of hydrogen-bond acceptors (Lipinski definition) is 11. The Bertz CT molecular complexity index is 2400. The second-order valence-corrected chi connectivity index (χ2v) is 15.6. The van der Waals surface area contributed by atoms with Crippen molar-refractivity contribution in [1.29, 1.82) is 0 Å². The molecular weight excluding hydrogens is 727 g/mol. The predicted octanol–water partition coefficient (Wildman–Crippen LogP) is 5.10. The number of anilines is 2. The van der Waals surface area contributed by atoms with E-state index in [4.69, 9.17) is 9.40 Å². The Morgan fingerprint density at radius 1 is 0.895 bits per heavy atom. The van der Waals surface area contributed by atoms with Crippen LogP contribution in [-0.2, 0) is 22.6 Å². The van der Waals surface area contributed by atoms with Crippen molar-refractivity contribution in [3.63, 3.8) is 0 Å². The molecule has 0 radical (unpaired) electrons. The van der Waals surface area contributed by atoms with E-state index in [0.717, 1.165) is 78.5 Å². The number of fused-ring (bicyclic) bond motifs is 2. The minimum Gasteiger partial charge on any atom is -0.421 e. The molecule has 6 heterocycles. The lowest BCUT2D eigenvalue weighted by atomic mass is 9.91. The molecule has 4 aliphatic rings. The number of piperidine rings is 2. The van der Waals surface area contributed by atoms with E-state index in [-0.39, 0.29) is 29.9 Å². The van der Waals surface area contributed by atoms with E-state index in [2.05, 4.69) is 42.5 Å². The molecule has 292 valence electrons. The van der Waals surface area contributed by atoms with Gasteiger partial charge in [0.25, 0.3) is 17.7 Å². The number of aromatic amines is 1. The molecule has 3 fully saturated rings. The van der Waals surface area contributed by atoms with Gasteiger partial charge in [0.05, 0.1) is 28.7 Å². The topological polar surface area (TPSA) is 187 Å². The van der Waals surface area contributed by atoms with E-state index in [1.165, 1.54) is 12.8 Å². The van der Waals surface area contributed by atoms with Crippen LogP contribution in [-0.4, -0.2) is 91.2 Å². The molecule has 2 atom stereocenters. The molecule has 15 nitrogen and oxygen atoms in total. The molecule has 1 unspecified atom stereocenters. The first-order valence-electron chi connectivity index (χ1n) is 19.7. The van der Waals surface area contributed by atoms with Crippen molar-refractivity contribution in [1.82, 2.24) is 35.3 Å². The van der Waals surface area contributed by atoms with Gasteiger partial charge in [-0.15, -0.1) is 10.2 Å². The fourth-order valence-electron chi connectivity index (χ4n) is 8.54. The highest BCUT2D eigenvalue weighted by molar-refractivity contribution is 6.23. The molecular formula is C42H43N9O6. The Morgan fingerprint density at radius 3 is 2.47 bits per heavy atom. The van der Waals surface area contributed by atoms with E-state index in [1.54, 1.807) is 36.4 Å². The lowest BCUT2D eigenvalue weighted by Gasteiger charge is -2.33. The lowest BCUT2D eigenvalue weighted by molar-refractivity contribution is -0.136. The number of imide groups is 2. The van der Waals surface area contributed by atoms with Crippen LogP contribution in [0.5, 0.6) is 0 Å². The van der Waals surface area contributed by atoms with Gasteiger partial charge >= 0.3 is 0 Å². The fourth-order valence-corrected chi connectivity index (χ4v) is 8.54. The Hall–Kier alpha value is -6.22. The smallest absolute Gasteiger partial charge is 0.262 e. The van der Waals surface area contributed by atoms with Crippen molar-refractivity contribution in [2.45, 2.75) is 76.9 Å². The Morgan fingerprint density at radius 2 is 1.70 bits per heavy atom. The summed E-state index contributed by atoms with van der Waals surface area (Å²) in [7, 11) is 0. The summed E-state index contributed by atoms with van der Waals surface area (Å²) in [4.78, 5) is 77.3. The second-order valence-electron chi connectivity index (χ2n) is 15.6. The molecule has 5 amide bonds. The molecule has 9 rings (SSSR count). The zero-order valence-electron chi connectivity index (χ0n) is 31.6. The van der Waals surface area contributed by atoms with Crippen LogP contribution in [0.3, 0.4) is 0 Å². The number of aromatic nitrogens is 4. The molecule has 0 aliphatic carbocycles. The summed E-state index contributed by atoms with van der Waals surface area (Å²) < 4.78 is 6.01. The Kier molecular flexibility index (Phi) is 9.60. The van der Waals surface area contributed by atoms with Crippen LogP contribution in [0.4, 0.5) is 11.4 Å². The highest BCUT2D eigenvalue weighted by Gasteiger charge is 2.45. The largest absolute Gasteiger partial charge is 0.421 e. The van der Waals surface area contributed by atoms with Gasteiger partial charge in [-0.25, -0.2) is 4.98 Å². The van der Waals surface area contributed by atoms with E-state index >= 15 is 0 Å². The molecule has 0 bridgehead atoms. The number of H-pyrrole nitrogens is 1. The van der Waals surface area contributed by atoms with Gasteiger partial charge in [0.1, 0.15) is 11.9 Å². The first kappa shape index (κ1) is 36.4. The third-order valence-electron chi connectivity index (χ3n) is 11.9. The van der Waals surface area contributed by atoms with Gasteiger partial charge < -0.3 is 19.6 Å². The average Bonchev–Trinajstić information content (AvgIpc) is 4.01. The van der Waals surface area contributed by atoms with Gasteiger partial charge in [-0.2, -0.15) is 0 Å². The van der Waals surface area contributed by atoms with Crippen LogP contribution >= 0.6 is 0 Å². The highest BCUT2D eigenvalue weighted by atomic mass is 16.4. The maximum atomic E-state index is 13.3. The summed E-state index contributed by atoms with van der Waals surface area (Å²) in [5.74, 6) is 0.0906. The van der Waals surface area contributed by atoms with Crippen LogP contribution < -0.4 is 15.5 Å². The molecule has 3 aromatic carbocycles. The van der Waals surface area contributed by atoms with Gasteiger partial charge in [0.2, 0.25) is 23.6 Å². The van der Waals surface area contributed by atoms with Crippen molar-refractivity contribution in [2.75, 3.05) is 29.9 Å². The Labute approximate surface area is 328 Å². The number of imidazole rings is 1. The van der Waals surface area contributed by atoms with E-state index in [0.29, 0.717) is 41.4 Å². The fraction of sp³-hybridized carbons (Fsp3) is 0.381. The first-order valence-corrected chi connectivity index (χ1v) is 19.7. The zero-order valence-corrected chi connectivity index (χ0v) is 31.6. The zero-order chi connectivity index (χ0) is 39.2. The SMILES string of the molecule is C[C@H]1CCCN1Cc1nc2ccc(NC(=O)c3ccc(-c4nnc(CCC5CCN(c6ccc7c(c6)C(=O)N(C6CCC(=O)NC6=O)C7=O)CC5)o4)cc3)cc2[nH]1. The van der Waals surface area contributed by atoms with Gasteiger partial charge in [-0.3, -0.25) is 39.1 Å². The maximum absolute atomic E-state index is 13.3. The molecule has 0 spiro atoms. The number of carbonyl (C=O) groups excluding carboxylic acids is 5. The van der Waals surface area contributed by atoms with Crippen molar-refractivity contribution < 1.29 is 28.4 Å². The number of amides is 5. The number of aryl methyl sites for hydroxylation is 1. The number of likely N-dealkylation sites (tertiary alicyclic amines) is 1. The number of nitrogens with one attached hydrogen (secondary N) is 3. The van der Waals surface area contributed by atoms with Gasteiger partial charge in [0, 0.05) is 54.5 Å². The first-order chi connectivity index (χ1) is 27.7. The number of hydrogen-bond donors (Lipinski definition) is 3. The van der Waals surface area contributed by atoms with Gasteiger partial charge in [0.15, 0.2) is 0 Å². The molecule has 2 aromatic heterocycles. The monoisotopic (exact) mass is 769 g/mol. The van der Waals surface area contributed by atoms with Gasteiger partial charge in [-0.05, 0) is 119 Å². The second kappa shape index (κ2) is 15.0. The molecule has 3 N–H and O–H groups in total. The minimum atomic E-state index is -0.985. The minimum absolute atomic E-state index is 0.0825. The summed E-state index contributed by atoms with van der Waals surface area (Å²) in [5, 5.41) is 13.8. The van der Waals surface area contributed by atoms with Crippen molar-refractivity contribution in [3.8, 4) is 11.5 Å². The third-order valence-corrected chi connectivity index (χ3v) is 11.9. The number of nitrogens with zero attached hydrogens (tertiary/aromatic N) is 6. The average molecular weight is 770 g/mol. The van der Waals surface area contributed by atoms with E-state index in [9.17, 15) is 24.0 Å². The van der Waals surface area contributed by atoms with Crippen LogP contribution in [0, 0.1) is 5.92 Å². The molecule has 0 saturated carbocycles. The van der Waals surface area contributed by atoms with Crippen LogP contribution in [0.25, 0.3) is 22.5 Å². The third kappa shape index (κ3) is 7.30. The summed E-state index contributed by atoms with van der Waals surface area (Å²) in [6, 6.07) is 17.6. The molecule has 3 saturated heterocycles. The van der Waals surface area contributed by atoms with Gasteiger partial charge in [-0.1, -0.05) is 0 Å². The number of carbonyl (C=O) groups is 5. The van der Waals surface area contributed by atoms with Crippen molar-refractivity contribution in [2.24, 2.45) is 5.92 Å². The quantitative estimate of drug-likeness (QED) is 0.161. The molecule has 5 aromatic rings. The number of benzene rings is 3. The molecule has 15 heteroatoms. The summed E-state index contributed by atoms with van der Waals surface area (Å²) in [6.45, 7) is 5.70. The lowest BCUT2D eigenvalue weighted by Crippen LogP contribution is -2.54. The maximum Gasteiger partial charge on any atom is 0.262 e. The standard InChI is InChI=1S/C42H43N9O6/c1-24-3-2-18-50(24)23-35-44-32-12-9-28(21-33(32)45-35)43-38(53)26-5-7-27(8-6-26)40-48-47-37(57-40)15-4-25-16-19-49(20-17-25)29-10-11-30-31(22-29)42(56)51(41(30)55)34-13-14-36(52)46-39(34)54/h5-12,21-22,24-25,34H,2-4,13-20,23H2,1H3,(H,43,53)(H,44,45)(H,46,52,54)/t24-,34?/m0/s1. The predicted molar refractivity (Wildman–Crippen MR) is 209 cm³/mol. The van der Waals surface area contributed by atoms with Crippen molar-refractivity contribution >= 4 is 51.9 Å². The molecule has 57 heavy (non-hydrogen) atoms. The summed E-state index contributed by atoms with van der Waals surface area (Å²) in [5.41, 5.74) is 5.10. The van der Waals surface area contributed by atoms with Crippen LogP contribution in [0.2, 0.25) is 0 Å². The van der Waals surface area contributed by atoms with E-state index in [1.807, 2.05) is 24.3 Å². The summed E-state index contributed by atoms with van der Waals surface area (Å²) >= 11 is 0. The molecule has 4 aliphatic heterocycles. The van der Waals surface area contributed by atoms with Crippen LogP contribution in [0.15, 0.2) is 65.1 Å². The van der Waals surface area contributed by atoms with E-state index < -0.39 is 29.7 Å². The normalized spacial score (nSPS) is 20.4. The van der Waals surface area contributed by atoms with Crippen LogP contribution in [0.1, 0.15) is 94.7 Å². The number of rotatable bonds is 10.